The first-order valence-corrected chi connectivity index (χ1v) is 8.09. The Hall–Kier alpha value is -2.48. The summed E-state index contributed by atoms with van der Waals surface area (Å²) < 4.78 is 7.13. The van der Waals surface area contributed by atoms with Crippen LogP contribution in [0.25, 0.3) is 0 Å². The van der Waals surface area contributed by atoms with Crippen LogP contribution in [-0.2, 0) is 24.9 Å². The number of anilines is 1. The molecule has 0 saturated carbocycles. The molecule has 2 aromatic rings. The molecule has 0 aromatic carbocycles. The summed E-state index contributed by atoms with van der Waals surface area (Å²) in [5.74, 6) is 0.670. The average molecular weight is 328 g/mol. The second kappa shape index (κ2) is 5.86. The lowest BCUT2D eigenvalue weighted by Gasteiger charge is -2.26. The maximum Gasteiger partial charge on any atom is 0.274 e. The fourth-order valence-corrected chi connectivity index (χ4v) is 3.17. The average Bonchev–Trinajstić information content (AvgIpc) is 3.17. The predicted octanol–water partition coefficient (Wildman–Crippen LogP) is 0.511. The molecule has 0 spiro atoms. The summed E-state index contributed by atoms with van der Waals surface area (Å²) in [7, 11) is 1.88. The van der Waals surface area contributed by atoms with Gasteiger partial charge in [0.2, 0.25) is 5.95 Å². The van der Waals surface area contributed by atoms with E-state index in [1.54, 1.807) is 4.68 Å². The first-order chi connectivity index (χ1) is 11.6. The van der Waals surface area contributed by atoms with Crippen molar-refractivity contribution in [2.24, 2.45) is 7.05 Å². The molecule has 1 amide bonds. The zero-order valence-electron chi connectivity index (χ0n) is 13.9. The highest BCUT2D eigenvalue weighted by atomic mass is 16.5. The number of rotatable bonds is 2. The van der Waals surface area contributed by atoms with Crippen LogP contribution in [0.4, 0.5) is 5.95 Å². The number of carbonyl (C=O) groups is 1. The van der Waals surface area contributed by atoms with Crippen LogP contribution >= 0.6 is 0 Å². The number of morpholine rings is 1. The summed E-state index contributed by atoms with van der Waals surface area (Å²) in [4.78, 5) is 25.5. The van der Waals surface area contributed by atoms with Gasteiger partial charge in [0.05, 0.1) is 32.0 Å². The van der Waals surface area contributed by atoms with E-state index < -0.39 is 0 Å². The minimum Gasteiger partial charge on any atom is -0.378 e. The third-order valence-electron chi connectivity index (χ3n) is 4.52. The molecule has 0 bridgehead atoms. The molecule has 1 saturated heterocycles. The summed E-state index contributed by atoms with van der Waals surface area (Å²) in [5, 5.41) is 4.47. The molecule has 2 aromatic heterocycles. The van der Waals surface area contributed by atoms with Crippen molar-refractivity contribution in [1.82, 2.24) is 24.6 Å². The van der Waals surface area contributed by atoms with Crippen molar-refractivity contribution in [3.63, 3.8) is 0 Å². The molecule has 1 fully saturated rings. The summed E-state index contributed by atoms with van der Waals surface area (Å²) >= 11 is 0. The molecule has 2 aliphatic heterocycles. The van der Waals surface area contributed by atoms with Gasteiger partial charge in [-0.3, -0.25) is 9.48 Å². The van der Waals surface area contributed by atoms with Gasteiger partial charge in [0, 0.05) is 38.1 Å². The van der Waals surface area contributed by atoms with Crippen molar-refractivity contribution in [2.75, 3.05) is 31.2 Å². The van der Waals surface area contributed by atoms with Crippen molar-refractivity contribution in [3.05, 3.63) is 34.9 Å². The molecule has 0 atom stereocenters. The molecule has 0 unspecified atom stereocenters. The third-order valence-corrected chi connectivity index (χ3v) is 4.52. The normalized spacial score (nSPS) is 17.2. The van der Waals surface area contributed by atoms with Gasteiger partial charge in [0.15, 0.2) is 5.69 Å². The molecular weight excluding hydrogens is 308 g/mol. The Balaban J connectivity index is 1.60. The zero-order valence-corrected chi connectivity index (χ0v) is 13.9. The lowest BCUT2D eigenvalue weighted by atomic mass is 10.2. The summed E-state index contributed by atoms with van der Waals surface area (Å²) in [5.41, 5.74) is 3.61. The van der Waals surface area contributed by atoms with Crippen LogP contribution in [0.2, 0.25) is 0 Å². The number of aromatic nitrogens is 4. The molecule has 2 aliphatic rings. The monoisotopic (exact) mass is 328 g/mol. The topological polar surface area (TPSA) is 76.4 Å². The van der Waals surface area contributed by atoms with E-state index in [4.69, 9.17) is 4.74 Å². The number of nitrogens with zero attached hydrogens (tertiary/aromatic N) is 6. The Labute approximate surface area is 140 Å². The minimum absolute atomic E-state index is 0.0122. The number of carbonyl (C=O) groups excluding carboxylic acids is 1. The van der Waals surface area contributed by atoms with Crippen LogP contribution in [-0.4, -0.2) is 56.9 Å². The standard InChI is InChI=1S/C16H20N6O2/c1-11-7-17-16(18-8-11)22-9-12-13(10-22)20(2)19-14(12)15(23)21-3-5-24-6-4-21/h7-8H,3-6,9-10H2,1-2H3. The number of hydrogen-bond acceptors (Lipinski definition) is 6. The largest absolute Gasteiger partial charge is 0.378 e. The Bertz CT molecular complexity index is 764. The smallest absolute Gasteiger partial charge is 0.274 e. The molecule has 8 nitrogen and oxygen atoms in total. The van der Waals surface area contributed by atoms with Gasteiger partial charge >= 0.3 is 0 Å². The molecule has 8 heteroatoms. The molecule has 4 rings (SSSR count). The fraction of sp³-hybridized carbons (Fsp3) is 0.500. The van der Waals surface area contributed by atoms with Crippen molar-refractivity contribution in [3.8, 4) is 0 Å². The Morgan fingerprint density at radius 1 is 1.17 bits per heavy atom. The maximum atomic E-state index is 12.8. The van der Waals surface area contributed by atoms with Crippen molar-refractivity contribution >= 4 is 11.9 Å². The van der Waals surface area contributed by atoms with Gasteiger partial charge in [0.25, 0.3) is 5.91 Å². The van der Waals surface area contributed by atoms with Crippen molar-refractivity contribution in [2.45, 2.75) is 20.0 Å². The van der Waals surface area contributed by atoms with Crippen LogP contribution in [0.15, 0.2) is 12.4 Å². The lowest BCUT2D eigenvalue weighted by molar-refractivity contribution is 0.0298. The van der Waals surface area contributed by atoms with Crippen LogP contribution in [0.3, 0.4) is 0 Å². The number of fused-ring (bicyclic) bond motifs is 1. The highest BCUT2D eigenvalue weighted by Crippen LogP contribution is 2.28. The van der Waals surface area contributed by atoms with E-state index in [2.05, 4.69) is 20.0 Å². The molecular formula is C16H20N6O2. The highest BCUT2D eigenvalue weighted by molar-refractivity contribution is 5.94. The molecule has 24 heavy (non-hydrogen) atoms. The van der Waals surface area contributed by atoms with Gasteiger partial charge < -0.3 is 14.5 Å². The summed E-state index contributed by atoms with van der Waals surface area (Å²) in [6, 6.07) is 0. The Kier molecular flexibility index (Phi) is 3.68. The highest BCUT2D eigenvalue weighted by Gasteiger charge is 2.33. The number of aryl methyl sites for hydroxylation is 2. The fourth-order valence-electron chi connectivity index (χ4n) is 3.17. The second-order valence-electron chi connectivity index (χ2n) is 6.22. The number of amides is 1. The van der Waals surface area contributed by atoms with Gasteiger partial charge in [0.1, 0.15) is 0 Å². The maximum absolute atomic E-state index is 12.8. The Morgan fingerprint density at radius 2 is 1.88 bits per heavy atom. The van der Waals surface area contributed by atoms with Crippen molar-refractivity contribution in [1.29, 1.82) is 0 Å². The van der Waals surface area contributed by atoms with Gasteiger partial charge in [-0.25, -0.2) is 9.97 Å². The first-order valence-electron chi connectivity index (χ1n) is 8.09. The summed E-state index contributed by atoms with van der Waals surface area (Å²) in [6.45, 7) is 5.65. The van der Waals surface area contributed by atoms with E-state index in [1.807, 2.05) is 31.3 Å². The number of ether oxygens (including phenoxy) is 1. The van der Waals surface area contributed by atoms with Crippen LogP contribution < -0.4 is 4.90 Å². The van der Waals surface area contributed by atoms with E-state index in [0.29, 0.717) is 51.0 Å². The molecule has 0 N–H and O–H groups in total. The lowest BCUT2D eigenvalue weighted by Crippen LogP contribution is -2.41. The summed E-state index contributed by atoms with van der Waals surface area (Å²) in [6.07, 6.45) is 3.62. The van der Waals surface area contributed by atoms with Gasteiger partial charge in [-0.15, -0.1) is 0 Å². The SMILES string of the molecule is Cc1cnc(N2Cc3c(C(=O)N4CCOCC4)nn(C)c3C2)nc1. The number of hydrogen-bond donors (Lipinski definition) is 0. The van der Waals surface area contributed by atoms with E-state index >= 15 is 0 Å². The van der Waals surface area contributed by atoms with Gasteiger partial charge in [-0.05, 0) is 12.5 Å². The molecule has 0 aliphatic carbocycles. The van der Waals surface area contributed by atoms with Crippen LogP contribution in [0, 0.1) is 6.92 Å². The quantitative estimate of drug-likeness (QED) is 0.799. The van der Waals surface area contributed by atoms with Gasteiger partial charge in [-0.1, -0.05) is 0 Å². The molecule has 126 valence electrons. The van der Waals surface area contributed by atoms with Gasteiger partial charge in [-0.2, -0.15) is 5.10 Å². The first kappa shape index (κ1) is 15.1. The zero-order chi connectivity index (χ0) is 16.7. The van der Waals surface area contributed by atoms with E-state index in [9.17, 15) is 4.79 Å². The van der Waals surface area contributed by atoms with E-state index in [-0.39, 0.29) is 5.91 Å². The van der Waals surface area contributed by atoms with Crippen LogP contribution in [0.1, 0.15) is 27.3 Å². The predicted molar refractivity (Wildman–Crippen MR) is 86.6 cm³/mol. The Morgan fingerprint density at radius 3 is 2.58 bits per heavy atom. The van der Waals surface area contributed by atoms with E-state index in [1.165, 1.54) is 0 Å². The van der Waals surface area contributed by atoms with Crippen LogP contribution in [0.5, 0.6) is 0 Å². The van der Waals surface area contributed by atoms with E-state index in [0.717, 1.165) is 16.8 Å². The second-order valence-corrected chi connectivity index (χ2v) is 6.22. The minimum atomic E-state index is -0.0122. The van der Waals surface area contributed by atoms with Crippen molar-refractivity contribution < 1.29 is 9.53 Å². The third kappa shape index (κ3) is 2.52. The molecule has 4 heterocycles. The molecule has 0 radical (unpaired) electrons.